The normalized spacial score (nSPS) is 12.0. The maximum Gasteiger partial charge on any atom is 0.410 e. The largest absolute Gasteiger partial charge is 0.496 e. The number of nitrogens with zero attached hydrogens (tertiary/aromatic N) is 2. The van der Waals surface area contributed by atoms with Crippen LogP contribution < -0.4 is 9.47 Å². The summed E-state index contributed by atoms with van der Waals surface area (Å²) in [5.74, 6) is 0.775. The molecule has 2 aromatic rings. The maximum atomic E-state index is 12.2. The zero-order chi connectivity index (χ0) is 25.3. The predicted octanol–water partition coefficient (Wildman–Crippen LogP) is 5.21. The van der Waals surface area contributed by atoms with Crippen molar-refractivity contribution in [2.24, 2.45) is 0 Å². The zero-order valence-electron chi connectivity index (χ0n) is 21.2. The molecule has 0 saturated heterocycles. The summed E-state index contributed by atoms with van der Waals surface area (Å²) in [7, 11) is 4.62. The van der Waals surface area contributed by atoms with Gasteiger partial charge in [-0.1, -0.05) is 19.1 Å². The van der Waals surface area contributed by atoms with Crippen LogP contribution in [0.4, 0.5) is 4.79 Å². The highest BCUT2D eigenvalue weighted by Gasteiger charge is 2.21. The van der Waals surface area contributed by atoms with Gasteiger partial charge in [-0.15, -0.1) is 0 Å². The molecule has 186 valence electrons. The second-order valence-corrected chi connectivity index (χ2v) is 9.00. The Labute approximate surface area is 202 Å². The van der Waals surface area contributed by atoms with Crippen LogP contribution in [0.3, 0.4) is 0 Å². The molecule has 8 nitrogen and oxygen atoms in total. The van der Waals surface area contributed by atoms with E-state index in [0.717, 1.165) is 24.1 Å². The average Bonchev–Trinajstić information content (AvgIpc) is 2.81. The van der Waals surface area contributed by atoms with Crippen molar-refractivity contribution in [2.45, 2.75) is 58.7 Å². The summed E-state index contributed by atoms with van der Waals surface area (Å²) in [4.78, 5) is 30.3. The third-order valence-corrected chi connectivity index (χ3v) is 5.26. The molecular weight excluding hydrogens is 436 g/mol. The van der Waals surface area contributed by atoms with E-state index >= 15 is 0 Å². The number of amides is 1. The van der Waals surface area contributed by atoms with E-state index in [1.165, 1.54) is 7.11 Å². The van der Waals surface area contributed by atoms with Gasteiger partial charge >= 0.3 is 12.1 Å². The Kier molecular flexibility index (Phi) is 9.71. The number of esters is 1. The minimum absolute atomic E-state index is 0.169. The molecule has 0 aliphatic heterocycles. The first kappa shape index (κ1) is 27.0. The standard InChI is InChI=1S/C26H36N2O6/c1-8-18(14-15-28(5)25(30)34-26(2,3)4)21-10-9-11-23(27-21)33-17-20-13-12-19(24(29)32-7)16-22(20)31-6/h9-13,16,18H,8,14-15,17H2,1-7H3. The van der Waals surface area contributed by atoms with Gasteiger partial charge in [-0.3, -0.25) is 0 Å². The van der Waals surface area contributed by atoms with Crippen molar-refractivity contribution in [3.8, 4) is 11.6 Å². The number of hydrogen-bond donors (Lipinski definition) is 0. The number of benzene rings is 1. The Bertz CT molecular complexity index is 970. The SMILES string of the molecule is CCC(CCN(C)C(=O)OC(C)(C)C)c1cccc(OCc2ccc(C(=O)OC)cc2OC)n1. The van der Waals surface area contributed by atoms with E-state index < -0.39 is 11.6 Å². The summed E-state index contributed by atoms with van der Waals surface area (Å²) in [6.07, 6.45) is 1.30. The van der Waals surface area contributed by atoms with Crippen LogP contribution >= 0.6 is 0 Å². The molecule has 0 aliphatic carbocycles. The number of pyridine rings is 1. The first-order valence-corrected chi connectivity index (χ1v) is 11.4. The van der Waals surface area contributed by atoms with Crippen LogP contribution in [0, 0.1) is 0 Å². The molecule has 1 aromatic heterocycles. The van der Waals surface area contributed by atoms with Gasteiger partial charge < -0.3 is 23.8 Å². The average molecular weight is 473 g/mol. The van der Waals surface area contributed by atoms with Crippen LogP contribution in [0.15, 0.2) is 36.4 Å². The number of carbonyl (C=O) groups excluding carboxylic acids is 2. The van der Waals surface area contributed by atoms with E-state index in [1.54, 1.807) is 43.3 Å². The lowest BCUT2D eigenvalue weighted by atomic mass is 9.97. The maximum absolute atomic E-state index is 12.2. The summed E-state index contributed by atoms with van der Waals surface area (Å²) in [6, 6.07) is 10.8. The van der Waals surface area contributed by atoms with Crippen molar-refractivity contribution in [3.05, 3.63) is 53.2 Å². The number of ether oxygens (including phenoxy) is 4. The van der Waals surface area contributed by atoms with E-state index in [4.69, 9.17) is 18.9 Å². The van der Waals surface area contributed by atoms with E-state index in [9.17, 15) is 9.59 Å². The fraction of sp³-hybridized carbons (Fsp3) is 0.500. The summed E-state index contributed by atoms with van der Waals surface area (Å²) in [5.41, 5.74) is 1.58. The van der Waals surface area contributed by atoms with Gasteiger partial charge in [0.15, 0.2) is 0 Å². The van der Waals surface area contributed by atoms with E-state index in [-0.39, 0.29) is 18.6 Å². The Balaban J connectivity index is 2.03. The molecule has 0 fully saturated rings. The summed E-state index contributed by atoms with van der Waals surface area (Å²) in [6.45, 7) is 8.45. The molecule has 1 aromatic carbocycles. The molecule has 0 aliphatic rings. The number of hydrogen-bond acceptors (Lipinski definition) is 7. The summed E-state index contributed by atoms with van der Waals surface area (Å²) >= 11 is 0. The van der Waals surface area contributed by atoms with Crippen LogP contribution in [0.2, 0.25) is 0 Å². The van der Waals surface area contributed by atoms with Crippen molar-refractivity contribution >= 4 is 12.1 Å². The van der Waals surface area contributed by atoms with Gasteiger partial charge in [0.25, 0.3) is 0 Å². The molecule has 2 rings (SSSR count). The smallest absolute Gasteiger partial charge is 0.410 e. The minimum Gasteiger partial charge on any atom is -0.496 e. The fourth-order valence-corrected chi connectivity index (χ4v) is 3.34. The van der Waals surface area contributed by atoms with Gasteiger partial charge in [0.05, 0.1) is 19.8 Å². The molecule has 0 N–H and O–H groups in total. The second-order valence-electron chi connectivity index (χ2n) is 9.00. The number of carbonyl (C=O) groups is 2. The van der Waals surface area contributed by atoms with Crippen LogP contribution in [0.1, 0.15) is 68.1 Å². The molecule has 8 heteroatoms. The zero-order valence-corrected chi connectivity index (χ0v) is 21.2. The molecular formula is C26H36N2O6. The molecule has 0 radical (unpaired) electrons. The minimum atomic E-state index is -0.523. The van der Waals surface area contributed by atoms with Crippen LogP contribution in [-0.2, 0) is 16.1 Å². The van der Waals surface area contributed by atoms with Gasteiger partial charge in [-0.25, -0.2) is 14.6 Å². The second kappa shape index (κ2) is 12.3. The van der Waals surface area contributed by atoms with E-state index in [1.807, 2.05) is 32.9 Å². The fourth-order valence-electron chi connectivity index (χ4n) is 3.34. The highest BCUT2D eigenvalue weighted by Crippen LogP contribution is 2.26. The number of methoxy groups -OCH3 is 2. The lowest BCUT2D eigenvalue weighted by Gasteiger charge is -2.25. The predicted molar refractivity (Wildman–Crippen MR) is 129 cm³/mol. The Morgan fingerprint density at radius 1 is 1.12 bits per heavy atom. The van der Waals surface area contributed by atoms with Gasteiger partial charge in [-0.2, -0.15) is 0 Å². The molecule has 1 atom stereocenters. The van der Waals surface area contributed by atoms with Crippen LogP contribution in [-0.4, -0.2) is 55.4 Å². The topological polar surface area (TPSA) is 87.2 Å². The Morgan fingerprint density at radius 3 is 2.47 bits per heavy atom. The third kappa shape index (κ3) is 7.93. The van der Waals surface area contributed by atoms with Gasteiger partial charge in [0, 0.05) is 36.8 Å². The van der Waals surface area contributed by atoms with Crippen molar-refractivity contribution < 1.29 is 28.5 Å². The molecule has 1 unspecified atom stereocenters. The first-order valence-electron chi connectivity index (χ1n) is 11.4. The van der Waals surface area contributed by atoms with Gasteiger partial charge in [-0.05, 0) is 51.8 Å². The van der Waals surface area contributed by atoms with Crippen molar-refractivity contribution in [2.75, 3.05) is 27.8 Å². The monoisotopic (exact) mass is 472 g/mol. The van der Waals surface area contributed by atoms with Crippen LogP contribution in [0.25, 0.3) is 0 Å². The van der Waals surface area contributed by atoms with Gasteiger partial charge in [0.2, 0.25) is 5.88 Å². The lowest BCUT2D eigenvalue weighted by Crippen LogP contribution is -2.35. The Morgan fingerprint density at radius 2 is 1.85 bits per heavy atom. The quantitative estimate of drug-likeness (QED) is 0.439. The van der Waals surface area contributed by atoms with E-state index in [2.05, 4.69) is 11.9 Å². The lowest BCUT2D eigenvalue weighted by molar-refractivity contribution is 0.0293. The number of rotatable bonds is 10. The van der Waals surface area contributed by atoms with Crippen molar-refractivity contribution in [1.29, 1.82) is 0 Å². The van der Waals surface area contributed by atoms with Gasteiger partial charge in [0.1, 0.15) is 18.0 Å². The Hall–Kier alpha value is -3.29. The third-order valence-electron chi connectivity index (χ3n) is 5.26. The van der Waals surface area contributed by atoms with Crippen molar-refractivity contribution in [3.63, 3.8) is 0 Å². The molecule has 34 heavy (non-hydrogen) atoms. The highest BCUT2D eigenvalue weighted by molar-refractivity contribution is 5.89. The van der Waals surface area contributed by atoms with E-state index in [0.29, 0.717) is 23.7 Å². The first-order chi connectivity index (χ1) is 16.1. The molecule has 1 amide bonds. The summed E-state index contributed by atoms with van der Waals surface area (Å²) in [5, 5.41) is 0. The highest BCUT2D eigenvalue weighted by atomic mass is 16.6. The molecule has 0 spiro atoms. The van der Waals surface area contributed by atoms with Crippen molar-refractivity contribution in [1.82, 2.24) is 9.88 Å². The molecule has 0 bridgehead atoms. The van der Waals surface area contributed by atoms with Crippen LogP contribution in [0.5, 0.6) is 11.6 Å². The number of aromatic nitrogens is 1. The molecule has 1 heterocycles. The molecule has 0 saturated carbocycles. The summed E-state index contributed by atoms with van der Waals surface area (Å²) < 4.78 is 21.5.